The maximum absolute atomic E-state index is 11.8. The van der Waals surface area contributed by atoms with Gasteiger partial charge in [-0.1, -0.05) is 29.3 Å². The van der Waals surface area contributed by atoms with E-state index >= 15 is 0 Å². The third-order valence-corrected chi connectivity index (χ3v) is 2.78. The van der Waals surface area contributed by atoms with Crippen LogP contribution in [0, 0.1) is 5.92 Å². The first-order chi connectivity index (χ1) is 7.39. The fourth-order valence-corrected chi connectivity index (χ4v) is 1.85. The zero-order valence-corrected chi connectivity index (χ0v) is 10.8. The molecule has 16 heavy (non-hydrogen) atoms. The molecule has 0 bridgehead atoms. The van der Waals surface area contributed by atoms with Crippen LogP contribution in [0.3, 0.4) is 0 Å². The van der Waals surface area contributed by atoms with Crippen molar-refractivity contribution in [3.8, 4) is 0 Å². The summed E-state index contributed by atoms with van der Waals surface area (Å²) in [6.07, 6.45) is -3.96. The van der Waals surface area contributed by atoms with Crippen molar-refractivity contribution in [3.63, 3.8) is 0 Å². The van der Waals surface area contributed by atoms with Gasteiger partial charge in [0.2, 0.25) is 5.91 Å². The Bertz CT molecular complexity index is 209. The van der Waals surface area contributed by atoms with Crippen molar-refractivity contribution in [2.24, 2.45) is 5.92 Å². The number of halogens is 4. The van der Waals surface area contributed by atoms with Crippen molar-refractivity contribution < 1.29 is 18.0 Å². The molecule has 6 heteroatoms. The summed E-state index contributed by atoms with van der Waals surface area (Å²) in [5, 5.41) is 3.37. The van der Waals surface area contributed by atoms with Gasteiger partial charge in [0.05, 0.1) is 6.42 Å². The second-order valence-corrected chi connectivity index (χ2v) is 4.46. The molecule has 0 aromatic heterocycles. The van der Waals surface area contributed by atoms with Crippen LogP contribution in [0.1, 0.15) is 32.6 Å². The van der Waals surface area contributed by atoms with E-state index in [0.717, 1.165) is 18.2 Å². The molecule has 1 unspecified atom stereocenters. The second-order valence-electron chi connectivity index (χ2n) is 3.67. The summed E-state index contributed by atoms with van der Waals surface area (Å²) < 4.78 is 35.4. The van der Waals surface area contributed by atoms with Crippen LogP contribution in [0.25, 0.3) is 0 Å². The summed E-state index contributed by atoms with van der Waals surface area (Å²) in [6, 6.07) is 0. The SMILES string of the molecule is CCC(CCBr)CNC(=O)CCC(F)(F)F. The molecule has 0 saturated carbocycles. The molecule has 0 heterocycles. The molecule has 1 amide bonds. The molecule has 0 aliphatic heterocycles. The average Bonchev–Trinajstić information content (AvgIpc) is 2.20. The minimum absolute atomic E-state index is 0.328. The lowest BCUT2D eigenvalue weighted by Gasteiger charge is -2.14. The fraction of sp³-hybridized carbons (Fsp3) is 0.900. The normalized spacial score (nSPS) is 13.6. The lowest BCUT2D eigenvalue weighted by molar-refractivity contribution is -0.144. The second kappa shape index (κ2) is 7.92. The number of carbonyl (C=O) groups excluding carboxylic acids is 1. The standard InChI is InChI=1S/C10H17BrF3NO/c1-2-8(4-6-11)7-15-9(16)3-5-10(12,13)14/h8H,2-7H2,1H3,(H,15,16). The lowest BCUT2D eigenvalue weighted by Crippen LogP contribution is -2.30. The molecule has 0 aliphatic rings. The summed E-state index contributed by atoms with van der Waals surface area (Å²) in [4.78, 5) is 11.1. The molecular formula is C10H17BrF3NO. The van der Waals surface area contributed by atoms with Gasteiger partial charge in [-0.15, -0.1) is 0 Å². The van der Waals surface area contributed by atoms with E-state index in [1.807, 2.05) is 6.92 Å². The van der Waals surface area contributed by atoms with Gasteiger partial charge in [0.25, 0.3) is 0 Å². The van der Waals surface area contributed by atoms with E-state index in [1.165, 1.54) is 0 Å². The predicted molar refractivity (Wildman–Crippen MR) is 60.5 cm³/mol. The number of amides is 1. The lowest BCUT2D eigenvalue weighted by atomic mass is 10.0. The van der Waals surface area contributed by atoms with Crippen LogP contribution in [0.2, 0.25) is 0 Å². The Balaban J connectivity index is 3.71. The number of carbonyl (C=O) groups is 1. The molecule has 96 valence electrons. The Labute approximate surface area is 102 Å². The first-order valence-corrected chi connectivity index (χ1v) is 6.40. The summed E-state index contributed by atoms with van der Waals surface area (Å²) in [7, 11) is 0. The Morgan fingerprint density at radius 2 is 2.06 bits per heavy atom. The van der Waals surface area contributed by atoms with Gasteiger partial charge in [-0.25, -0.2) is 0 Å². The van der Waals surface area contributed by atoms with E-state index in [4.69, 9.17) is 0 Å². The van der Waals surface area contributed by atoms with Gasteiger partial charge in [0, 0.05) is 18.3 Å². The first-order valence-electron chi connectivity index (χ1n) is 5.28. The molecular weight excluding hydrogens is 287 g/mol. The summed E-state index contributed by atoms with van der Waals surface area (Å²) >= 11 is 3.29. The highest BCUT2D eigenvalue weighted by molar-refractivity contribution is 9.09. The Morgan fingerprint density at radius 3 is 2.50 bits per heavy atom. The Kier molecular flexibility index (Phi) is 7.80. The molecule has 0 rings (SSSR count). The number of nitrogens with one attached hydrogen (secondary N) is 1. The van der Waals surface area contributed by atoms with Crippen LogP contribution in [0.15, 0.2) is 0 Å². The minimum atomic E-state index is -4.25. The fourth-order valence-electron chi connectivity index (χ4n) is 1.21. The van der Waals surface area contributed by atoms with Crippen molar-refractivity contribution in [3.05, 3.63) is 0 Å². The quantitative estimate of drug-likeness (QED) is 0.719. The molecule has 0 radical (unpaired) electrons. The summed E-state index contributed by atoms with van der Waals surface area (Å²) in [5.41, 5.74) is 0. The van der Waals surface area contributed by atoms with Crippen LogP contribution in [-0.4, -0.2) is 24.0 Å². The maximum Gasteiger partial charge on any atom is 0.389 e. The van der Waals surface area contributed by atoms with E-state index in [0.29, 0.717) is 12.5 Å². The van der Waals surface area contributed by atoms with Gasteiger partial charge in [0.15, 0.2) is 0 Å². The van der Waals surface area contributed by atoms with Crippen molar-refractivity contribution in [1.82, 2.24) is 5.32 Å². The van der Waals surface area contributed by atoms with Crippen molar-refractivity contribution >= 4 is 21.8 Å². The average molecular weight is 304 g/mol. The van der Waals surface area contributed by atoms with E-state index in [9.17, 15) is 18.0 Å². The highest BCUT2D eigenvalue weighted by Gasteiger charge is 2.27. The van der Waals surface area contributed by atoms with E-state index in [-0.39, 0.29) is 0 Å². The number of alkyl halides is 4. The van der Waals surface area contributed by atoms with Crippen LogP contribution < -0.4 is 5.32 Å². The predicted octanol–water partition coefficient (Wildman–Crippen LogP) is 3.26. The third-order valence-electron chi connectivity index (χ3n) is 2.32. The zero-order valence-electron chi connectivity index (χ0n) is 9.24. The molecule has 0 fully saturated rings. The Hall–Kier alpha value is -0.260. The molecule has 0 aliphatic carbocycles. The topological polar surface area (TPSA) is 29.1 Å². The van der Waals surface area contributed by atoms with Gasteiger partial charge in [0.1, 0.15) is 0 Å². The summed E-state index contributed by atoms with van der Waals surface area (Å²) in [5.74, 6) is -0.195. The minimum Gasteiger partial charge on any atom is -0.356 e. The summed E-state index contributed by atoms with van der Waals surface area (Å²) in [6.45, 7) is 2.45. The maximum atomic E-state index is 11.8. The van der Waals surface area contributed by atoms with E-state index in [2.05, 4.69) is 21.2 Å². The van der Waals surface area contributed by atoms with Gasteiger partial charge in [-0.05, 0) is 12.3 Å². The molecule has 0 spiro atoms. The van der Waals surface area contributed by atoms with Gasteiger partial charge in [-0.3, -0.25) is 4.79 Å². The largest absolute Gasteiger partial charge is 0.389 e. The van der Waals surface area contributed by atoms with Gasteiger partial charge in [-0.2, -0.15) is 13.2 Å². The number of rotatable bonds is 7. The monoisotopic (exact) mass is 303 g/mol. The molecule has 1 atom stereocenters. The first kappa shape index (κ1) is 15.7. The van der Waals surface area contributed by atoms with Crippen LogP contribution in [0.4, 0.5) is 13.2 Å². The van der Waals surface area contributed by atoms with Crippen LogP contribution in [-0.2, 0) is 4.79 Å². The molecule has 1 N–H and O–H groups in total. The zero-order chi connectivity index (χ0) is 12.6. The van der Waals surface area contributed by atoms with Crippen molar-refractivity contribution in [2.75, 3.05) is 11.9 Å². The highest BCUT2D eigenvalue weighted by atomic mass is 79.9. The highest BCUT2D eigenvalue weighted by Crippen LogP contribution is 2.21. The number of hydrogen-bond donors (Lipinski definition) is 1. The third kappa shape index (κ3) is 9.00. The van der Waals surface area contributed by atoms with Gasteiger partial charge < -0.3 is 5.32 Å². The van der Waals surface area contributed by atoms with E-state index in [1.54, 1.807) is 0 Å². The van der Waals surface area contributed by atoms with E-state index < -0.39 is 24.9 Å². The van der Waals surface area contributed by atoms with Crippen LogP contribution in [0.5, 0.6) is 0 Å². The molecule has 0 aromatic rings. The number of hydrogen-bond acceptors (Lipinski definition) is 1. The Morgan fingerprint density at radius 1 is 1.44 bits per heavy atom. The van der Waals surface area contributed by atoms with Crippen molar-refractivity contribution in [1.29, 1.82) is 0 Å². The molecule has 0 aromatic carbocycles. The van der Waals surface area contributed by atoms with Crippen molar-refractivity contribution in [2.45, 2.75) is 38.8 Å². The molecule has 2 nitrogen and oxygen atoms in total. The van der Waals surface area contributed by atoms with Crippen LogP contribution >= 0.6 is 15.9 Å². The van der Waals surface area contributed by atoms with Gasteiger partial charge >= 0.3 is 6.18 Å². The molecule has 0 saturated heterocycles. The smallest absolute Gasteiger partial charge is 0.356 e.